The molecule has 90 valence electrons. The standard InChI is InChI=1S/C11H24NO3/c1-3-12(6-4-5-7-12)11(14-2)10-15-9-8-13/h11,13H,3-10H2,1-2H3/q+1. The first kappa shape index (κ1) is 12.9. The Morgan fingerprint density at radius 3 is 2.47 bits per heavy atom. The third kappa shape index (κ3) is 3.14. The Morgan fingerprint density at radius 2 is 2.00 bits per heavy atom. The average molecular weight is 218 g/mol. The van der Waals surface area contributed by atoms with E-state index >= 15 is 0 Å². The minimum Gasteiger partial charge on any atom is -0.394 e. The molecule has 1 aliphatic rings. The van der Waals surface area contributed by atoms with E-state index in [4.69, 9.17) is 14.6 Å². The second-order valence-electron chi connectivity index (χ2n) is 4.18. The van der Waals surface area contributed by atoms with Crippen LogP contribution in [0.1, 0.15) is 19.8 Å². The number of ether oxygens (including phenoxy) is 2. The number of nitrogens with zero attached hydrogens (tertiary/aromatic N) is 1. The third-order valence-corrected chi connectivity index (χ3v) is 3.47. The van der Waals surface area contributed by atoms with Crippen LogP contribution in [0.4, 0.5) is 0 Å². The van der Waals surface area contributed by atoms with Crippen molar-refractivity contribution in [1.82, 2.24) is 0 Å². The Bertz CT molecular complexity index is 169. The van der Waals surface area contributed by atoms with Gasteiger partial charge in [-0.3, -0.25) is 4.48 Å². The molecule has 1 rings (SSSR count). The molecule has 0 radical (unpaired) electrons. The van der Waals surface area contributed by atoms with Crippen molar-refractivity contribution in [1.29, 1.82) is 0 Å². The van der Waals surface area contributed by atoms with Gasteiger partial charge in [0.1, 0.15) is 6.61 Å². The number of hydrogen-bond acceptors (Lipinski definition) is 3. The van der Waals surface area contributed by atoms with Gasteiger partial charge >= 0.3 is 0 Å². The molecule has 1 fully saturated rings. The molecule has 1 atom stereocenters. The van der Waals surface area contributed by atoms with Crippen LogP contribution in [0.2, 0.25) is 0 Å². The Kier molecular flexibility index (Phi) is 5.53. The third-order valence-electron chi connectivity index (χ3n) is 3.47. The van der Waals surface area contributed by atoms with Crippen molar-refractivity contribution in [2.75, 3.05) is 46.6 Å². The van der Waals surface area contributed by atoms with Gasteiger partial charge in [-0.1, -0.05) is 0 Å². The Labute approximate surface area is 92.4 Å². The quantitative estimate of drug-likeness (QED) is 0.502. The number of aliphatic hydroxyl groups excluding tert-OH is 1. The summed E-state index contributed by atoms with van der Waals surface area (Å²) >= 11 is 0. The first-order valence-electron chi connectivity index (χ1n) is 5.86. The zero-order chi connectivity index (χ0) is 11.1. The normalized spacial score (nSPS) is 21.8. The Hall–Kier alpha value is -0.160. The lowest BCUT2D eigenvalue weighted by Crippen LogP contribution is -2.56. The summed E-state index contributed by atoms with van der Waals surface area (Å²) < 4.78 is 11.9. The summed E-state index contributed by atoms with van der Waals surface area (Å²) in [6.45, 7) is 6.77. The van der Waals surface area contributed by atoms with Gasteiger partial charge in [0.2, 0.25) is 6.23 Å². The van der Waals surface area contributed by atoms with Gasteiger partial charge in [0.15, 0.2) is 0 Å². The summed E-state index contributed by atoms with van der Waals surface area (Å²) in [5.74, 6) is 0. The summed E-state index contributed by atoms with van der Waals surface area (Å²) in [6.07, 6.45) is 2.70. The van der Waals surface area contributed by atoms with Crippen molar-refractivity contribution in [3.8, 4) is 0 Å². The molecular formula is C11H24NO3+. The number of rotatable bonds is 7. The molecule has 0 saturated carbocycles. The molecule has 1 aliphatic heterocycles. The maximum absolute atomic E-state index is 8.67. The van der Waals surface area contributed by atoms with E-state index < -0.39 is 0 Å². The molecule has 4 heteroatoms. The molecule has 1 unspecified atom stereocenters. The summed E-state index contributed by atoms with van der Waals surface area (Å²) in [5.41, 5.74) is 0. The van der Waals surface area contributed by atoms with Crippen molar-refractivity contribution in [3.05, 3.63) is 0 Å². The summed E-state index contributed by atoms with van der Waals surface area (Å²) in [6, 6.07) is 0. The van der Waals surface area contributed by atoms with Crippen LogP contribution in [-0.4, -0.2) is 62.4 Å². The van der Waals surface area contributed by atoms with E-state index in [0.717, 1.165) is 11.0 Å². The van der Waals surface area contributed by atoms with Gasteiger partial charge in [0.25, 0.3) is 0 Å². The van der Waals surface area contributed by atoms with Crippen molar-refractivity contribution in [2.45, 2.75) is 26.0 Å². The van der Waals surface area contributed by atoms with E-state index in [0.29, 0.717) is 13.2 Å². The zero-order valence-electron chi connectivity index (χ0n) is 9.95. The van der Waals surface area contributed by atoms with Crippen LogP contribution < -0.4 is 0 Å². The topological polar surface area (TPSA) is 38.7 Å². The summed E-state index contributed by atoms with van der Waals surface area (Å²) in [5, 5.41) is 8.67. The molecule has 1 N–H and O–H groups in total. The molecule has 4 nitrogen and oxygen atoms in total. The largest absolute Gasteiger partial charge is 0.394 e. The highest BCUT2D eigenvalue weighted by Crippen LogP contribution is 2.24. The van der Waals surface area contributed by atoms with Crippen molar-refractivity contribution < 1.29 is 19.1 Å². The highest BCUT2D eigenvalue weighted by atomic mass is 16.5. The van der Waals surface area contributed by atoms with Gasteiger partial charge in [-0.15, -0.1) is 0 Å². The van der Waals surface area contributed by atoms with Crippen molar-refractivity contribution >= 4 is 0 Å². The van der Waals surface area contributed by atoms with Gasteiger partial charge in [0, 0.05) is 20.0 Å². The van der Waals surface area contributed by atoms with E-state index in [1.165, 1.54) is 25.9 Å². The van der Waals surface area contributed by atoms with E-state index in [1.807, 2.05) is 0 Å². The van der Waals surface area contributed by atoms with Gasteiger partial charge < -0.3 is 14.6 Å². The van der Waals surface area contributed by atoms with Crippen molar-refractivity contribution in [2.24, 2.45) is 0 Å². The number of likely N-dealkylation sites (N-methyl/N-ethyl adjacent to an activating group) is 1. The fourth-order valence-electron chi connectivity index (χ4n) is 2.47. The van der Waals surface area contributed by atoms with E-state index in [-0.39, 0.29) is 12.8 Å². The minimum atomic E-state index is 0.0859. The molecule has 0 bridgehead atoms. The fourth-order valence-corrected chi connectivity index (χ4v) is 2.47. The molecule has 1 saturated heterocycles. The monoisotopic (exact) mass is 218 g/mol. The summed E-state index contributed by atoms with van der Waals surface area (Å²) in [7, 11) is 1.75. The van der Waals surface area contributed by atoms with Crippen LogP contribution in [0, 0.1) is 0 Å². The number of likely N-dealkylation sites (tertiary alicyclic amines) is 1. The van der Waals surface area contributed by atoms with Gasteiger partial charge in [-0.2, -0.15) is 0 Å². The van der Waals surface area contributed by atoms with E-state index in [1.54, 1.807) is 7.11 Å². The predicted octanol–water partition coefficient (Wildman–Crippen LogP) is 0.598. The van der Waals surface area contributed by atoms with E-state index in [2.05, 4.69) is 6.92 Å². The fraction of sp³-hybridized carbons (Fsp3) is 1.00. The van der Waals surface area contributed by atoms with Crippen LogP contribution in [0.25, 0.3) is 0 Å². The van der Waals surface area contributed by atoms with Gasteiger partial charge in [-0.05, 0) is 6.92 Å². The molecule has 15 heavy (non-hydrogen) atoms. The molecule has 0 aromatic carbocycles. The second kappa shape index (κ2) is 6.43. The highest BCUT2D eigenvalue weighted by Gasteiger charge is 2.38. The maximum atomic E-state index is 8.67. The lowest BCUT2D eigenvalue weighted by molar-refractivity contribution is -0.960. The van der Waals surface area contributed by atoms with Crippen LogP contribution in [0.3, 0.4) is 0 Å². The van der Waals surface area contributed by atoms with Gasteiger partial charge in [0.05, 0.1) is 32.8 Å². The molecule has 1 heterocycles. The molecule has 0 spiro atoms. The lowest BCUT2D eigenvalue weighted by atomic mass is 10.3. The molecule has 0 amide bonds. The average Bonchev–Trinajstić information content (AvgIpc) is 2.74. The number of quaternary nitrogens is 1. The summed E-state index contributed by atoms with van der Waals surface area (Å²) in [4.78, 5) is 0. The number of aliphatic hydroxyl groups is 1. The SMILES string of the molecule is CC[N+]1(C(COCCO)OC)CCCC1. The molecule has 0 aromatic heterocycles. The van der Waals surface area contributed by atoms with Crippen LogP contribution in [-0.2, 0) is 9.47 Å². The van der Waals surface area contributed by atoms with Crippen molar-refractivity contribution in [3.63, 3.8) is 0 Å². The number of methoxy groups -OCH3 is 1. The van der Waals surface area contributed by atoms with Crippen LogP contribution >= 0.6 is 0 Å². The highest BCUT2D eigenvalue weighted by molar-refractivity contribution is 4.57. The number of hydrogen-bond donors (Lipinski definition) is 1. The Balaban J connectivity index is 2.46. The predicted molar refractivity (Wildman–Crippen MR) is 58.5 cm³/mol. The van der Waals surface area contributed by atoms with Gasteiger partial charge in [-0.25, -0.2) is 0 Å². The smallest absolute Gasteiger partial charge is 0.216 e. The minimum absolute atomic E-state index is 0.0859. The molecular weight excluding hydrogens is 194 g/mol. The molecule has 0 aliphatic carbocycles. The van der Waals surface area contributed by atoms with Crippen LogP contribution in [0.5, 0.6) is 0 Å². The molecule has 0 aromatic rings. The second-order valence-corrected chi connectivity index (χ2v) is 4.18. The Morgan fingerprint density at radius 1 is 1.33 bits per heavy atom. The zero-order valence-corrected chi connectivity index (χ0v) is 9.95. The van der Waals surface area contributed by atoms with E-state index in [9.17, 15) is 0 Å². The first-order valence-corrected chi connectivity index (χ1v) is 5.86. The lowest BCUT2D eigenvalue weighted by Gasteiger charge is -2.39. The maximum Gasteiger partial charge on any atom is 0.216 e. The first-order chi connectivity index (χ1) is 7.29. The van der Waals surface area contributed by atoms with Crippen LogP contribution in [0.15, 0.2) is 0 Å².